The highest BCUT2D eigenvalue weighted by Gasteiger charge is 2.35. The molecule has 4 N–H and O–H groups in total. The van der Waals surface area contributed by atoms with Gasteiger partial charge >= 0.3 is 6.09 Å². The molecule has 0 radical (unpaired) electrons. The normalized spacial score (nSPS) is 14.0. The Kier molecular flexibility index (Phi) is 8.95. The highest BCUT2D eigenvalue weighted by atomic mass is 16.6. The van der Waals surface area contributed by atoms with Crippen LogP contribution in [0.15, 0.2) is 60.7 Å². The van der Waals surface area contributed by atoms with Crippen molar-refractivity contribution in [2.45, 2.75) is 78.0 Å². The SMILES string of the molecule is Cc1cc(O)cc(C)c1CC(NC(=O)OC(C)(C)C)C(=O)N(CCC1c2ccccc2-c2ccccc21)[C@H](C)C(N)=O. The van der Waals surface area contributed by atoms with E-state index in [1.54, 1.807) is 39.8 Å². The fourth-order valence-corrected chi connectivity index (χ4v) is 5.83. The second-order valence-corrected chi connectivity index (χ2v) is 12.1. The van der Waals surface area contributed by atoms with Gasteiger partial charge in [-0.1, -0.05) is 48.5 Å². The molecule has 0 fully saturated rings. The summed E-state index contributed by atoms with van der Waals surface area (Å²) >= 11 is 0. The third-order valence-corrected chi connectivity index (χ3v) is 7.86. The summed E-state index contributed by atoms with van der Waals surface area (Å²) in [6.45, 7) is 10.8. The molecule has 0 saturated heterocycles. The first kappa shape index (κ1) is 30.6. The number of rotatable bonds is 9. The minimum atomic E-state index is -1.04. The molecule has 1 unspecified atom stereocenters. The van der Waals surface area contributed by atoms with E-state index in [4.69, 9.17) is 10.5 Å². The van der Waals surface area contributed by atoms with Gasteiger partial charge in [-0.3, -0.25) is 9.59 Å². The maximum atomic E-state index is 14.3. The van der Waals surface area contributed by atoms with E-state index < -0.39 is 35.6 Å². The molecule has 0 saturated carbocycles. The molecule has 0 aromatic heterocycles. The molecular weight excluding hydrogens is 530 g/mol. The zero-order valence-corrected chi connectivity index (χ0v) is 25.2. The van der Waals surface area contributed by atoms with Crippen LogP contribution in [0.3, 0.4) is 0 Å². The van der Waals surface area contributed by atoms with Crippen molar-refractivity contribution in [3.63, 3.8) is 0 Å². The molecule has 3 aromatic carbocycles. The van der Waals surface area contributed by atoms with E-state index in [2.05, 4.69) is 29.6 Å². The number of alkyl carbamates (subject to hydrolysis) is 1. The Morgan fingerprint density at radius 1 is 0.976 bits per heavy atom. The summed E-state index contributed by atoms with van der Waals surface area (Å²) < 4.78 is 5.49. The van der Waals surface area contributed by atoms with Crippen LogP contribution in [-0.2, 0) is 20.7 Å². The fourth-order valence-electron chi connectivity index (χ4n) is 5.83. The lowest BCUT2D eigenvalue weighted by molar-refractivity contribution is -0.140. The summed E-state index contributed by atoms with van der Waals surface area (Å²) in [5.74, 6) is -0.911. The van der Waals surface area contributed by atoms with Crippen LogP contribution in [0.5, 0.6) is 5.75 Å². The first-order valence-electron chi connectivity index (χ1n) is 14.3. The number of nitrogens with two attached hydrogens (primary N) is 1. The lowest BCUT2D eigenvalue weighted by atomic mass is 9.92. The number of carbonyl (C=O) groups is 3. The Morgan fingerprint density at radius 2 is 1.50 bits per heavy atom. The second kappa shape index (κ2) is 12.3. The van der Waals surface area contributed by atoms with Gasteiger partial charge in [-0.25, -0.2) is 4.79 Å². The van der Waals surface area contributed by atoms with Gasteiger partial charge in [0.25, 0.3) is 0 Å². The van der Waals surface area contributed by atoms with Crippen molar-refractivity contribution in [3.8, 4) is 16.9 Å². The third kappa shape index (κ3) is 6.75. The number of hydrogen-bond acceptors (Lipinski definition) is 5. The molecule has 4 rings (SSSR count). The van der Waals surface area contributed by atoms with E-state index in [-0.39, 0.29) is 24.6 Å². The summed E-state index contributed by atoms with van der Waals surface area (Å²) in [7, 11) is 0. The van der Waals surface area contributed by atoms with Gasteiger partial charge in [-0.05, 0) is 99.0 Å². The first-order chi connectivity index (χ1) is 19.8. The van der Waals surface area contributed by atoms with Crippen LogP contribution in [0.4, 0.5) is 4.79 Å². The maximum Gasteiger partial charge on any atom is 0.408 e. The number of phenols is 1. The predicted octanol–water partition coefficient (Wildman–Crippen LogP) is 5.35. The van der Waals surface area contributed by atoms with Gasteiger partial charge in [0.15, 0.2) is 0 Å². The van der Waals surface area contributed by atoms with Gasteiger partial charge in [0.05, 0.1) is 0 Å². The Morgan fingerprint density at radius 3 is 2.00 bits per heavy atom. The van der Waals surface area contributed by atoms with Crippen molar-refractivity contribution in [2.75, 3.05) is 6.54 Å². The highest BCUT2D eigenvalue weighted by molar-refractivity contribution is 5.91. The van der Waals surface area contributed by atoms with Crippen LogP contribution < -0.4 is 11.1 Å². The zero-order valence-electron chi connectivity index (χ0n) is 25.2. The van der Waals surface area contributed by atoms with Crippen LogP contribution in [0.1, 0.15) is 67.9 Å². The van der Waals surface area contributed by atoms with Crippen LogP contribution in [-0.4, -0.2) is 52.1 Å². The average molecular weight is 572 g/mol. The maximum absolute atomic E-state index is 14.3. The van der Waals surface area contributed by atoms with E-state index in [9.17, 15) is 19.5 Å². The van der Waals surface area contributed by atoms with Gasteiger partial charge < -0.3 is 25.8 Å². The highest BCUT2D eigenvalue weighted by Crippen LogP contribution is 2.46. The number of primary amides is 1. The molecule has 2 atom stereocenters. The van der Waals surface area contributed by atoms with Gasteiger partial charge in [0.1, 0.15) is 23.4 Å². The summed E-state index contributed by atoms with van der Waals surface area (Å²) in [5, 5.41) is 12.8. The summed E-state index contributed by atoms with van der Waals surface area (Å²) in [6, 6.07) is 17.8. The number of nitrogens with zero attached hydrogens (tertiary/aromatic N) is 1. The van der Waals surface area contributed by atoms with Crippen molar-refractivity contribution in [1.82, 2.24) is 10.2 Å². The topological polar surface area (TPSA) is 122 Å². The van der Waals surface area contributed by atoms with Crippen molar-refractivity contribution < 1.29 is 24.2 Å². The molecule has 0 aliphatic heterocycles. The third-order valence-electron chi connectivity index (χ3n) is 7.86. The predicted molar refractivity (Wildman–Crippen MR) is 163 cm³/mol. The number of carbonyl (C=O) groups excluding carboxylic acids is 3. The Hall–Kier alpha value is -4.33. The molecular formula is C34H41N3O5. The first-order valence-corrected chi connectivity index (χ1v) is 14.3. The number of ether oxygens (including phenoxy) is 1. The standard InChI is InChI=1S/C34H41N3O5/c1-20-17-23(38)18-21(2)29(20)19-30(36-33(41)42-34(4,5)6)32(40)37(22(3)31(35)39)16-15-28-26-13-9-7-11-24(26)25-12-8-10-14-27(25)28/h7-14,17-18,22,28,30,38H,15-16,19H2,1-6H3,(H2,35,39)(H,36,41)/t22-,30?/m1/s1. The quantitative estimate of drug-likeness (QED) is 0.320. The Labute approximate surface area is 247 Å². The van der Waals surface area contributed by atoms with Gasteiger partial charge in [0.2, 0.25) is 11.8 Å². The average Bonchev–Trinajstić information content (AvgIpc) is 3.22. The minimum absolute atomic E-state index is 0.0339. The number of phenolic OH excluding ortho intramolecular Hbond substituents is 1. The summed E-state index contributed by atoms with van der Waals surface area (Å²) in [4.78, 5) is 41.1. The van der Waals surface area contributed by atoms with Crippen molar-refractivity contribution in [1.29, 1.82) is 0 Å². The number of aryl methyl sites for hydroxylation is 2. The molecule has 3 amide bonds. The van der Waals surface area contributed by atoms with E-state index >= 15 is 0 Å². The monoisotopic (exact) mass is 571 g/mol. The molecule has 1 aliphatic rings. The number of amides is 3. The lowest BCUT2D eigenvalue weighted by Gasteiger charge is -2.33. The molecule has 1 aliphatic carbocycles. The number of hydrogen-bond donors (Lipinski definition) is 3. The molecule has 3 aromatic rings. The van der Waals surface area contributed by atoms with Crippen LogP contribution >= 0.6 is 0 Å². The van der Waals surface area contributed by atoms with Gasteiger partial charge in [-0.15, -0.1) is 0 Å². The van der Waals surface area contributed by atoms with Crippen LogP contribution in [0.25, 0.3) is 11.1 Å². The number of aromatic hydroxyl groups is 1. The Bertz CT molecular complexity index is 1420. The van der Waals surface area contributed by atoms with Gasteiger partial charge in [-0.2, -0.15) is 0 Å². The molecule has 8 heteroatoms. The fraction of sp³-hybridized carbons (Fsp3) is 0.382. The van der Waals surface area contributed by atoms with Crippen molar-refractivity contribution >= 4 is 17.9 Å². The summed E-state index contributed by atoms with van der Waals surface area (Å²) in [6.07, 6.45) is -0.0266. The van der Waals surface area contributed by atoms with Gasteiger partial charge in [0, 0.05) is 18.9 Å². The molecule has 0 spiro atoms. The van der Waals surface area contributed by atoms with Crippen LogP contribution in [0, 0.1) is 13.8 Å². The van der Waals surface area contributed by atoms with E-state index in [0.29, 0.717) is 6.42 Å². The smallest absolute Gasteiger partial charge is 0.408 e. The Balaban J connectivity index is 1.66. The molecule has 0 bridgehead atoms. The minimum Gasteiger partial charge on any atom is -0.508 e. The van der Waals surface area contributed by atoms with E-state index in [1.807, 2.05) is 38.1 Å². The molecule has 8 nitrogen and oxygen atoms in total. The van der Waals surface area contributed by atoms with E-state index in [1.165, 1.54) is 27.2 Å². The lowest BCUT2D eigenvalue weighted by Crippen LogP contribution is -2.55. The van der Waals surface area contributed by atoms with Crippen LogP contribution in [0.2, 0.25) is 0 Å². The zero-order chi connectivity index (χ0) is 30.8. The van der Waals surface area contributed by atoms with E-state index in [0.717, 1.165) is 16.7 Å². The van der Waals surface area contributed by atoms with Crippen molar-refractivity contribution in [3.05, 3.63) is 88.5 Å². The largest absolute Gasteiger partial charge is 0.508 e. The number of benzene rings is 3. The number of nitrogens with one attached hydrogen (secondary N) is 1. The van der Waals surface area contributed by atoms with Crippen molar-refractivity contribution in [2.24, 2.45) is 5.73 Å². The molecule has 0 heterocycles. The molecule has 42 heavy (non-hydrogen) atoms. The number of fused-ring (bicyclic) bond motifs is 3. The summed E-state index contributed by atoms with van der Waals surface area (Å²) in [5.41, 5.74) is 12.0. The second-order valence-electron chi connectivity index (χ2n) is 12.1. The molecule has 222 valence electrons.